The van der Waals surface area contributed by atoms with Crippen LogP contribution in [0.4, 0.5) is 0 Å². The fraction of sp³-hybridized carbons (Fsp3) is 0.778. The smallest absolute Gasteiger partial charge is 0.119 e. The number of phenolic OH excluding ortho intramolecular Hbond substituents is 2. The first-order chi connectivity index (χ1) is 18.7. The Hall–Kier alpha value is -1.52. The summed E-state index contributed by atoms with van der Waals surface area (Å²) in [5.41, 5.74) is 3.25. The first-order valence-electron chi connectivity index (χ1n) is 16.2. The molecule has 0 bridgehead atoms. The van der Waals surface area contributed by atoms with Crippen molar-refractivity contribution in [1.29, 1.82) is 0 Å². The molecular weight excluding hydrogens is 496 g/mol. The highest BCUT2D eigenvalue weighted by molar-refractivity contribution is 5.56. The van der Waals surface area contributed by atoms with E-state index in [-0.39, 0.29) is 27.8 Å². The Kier molecular flexibility index (Phi) is 6.60. The minimum absolute atomic E-state index is 0.0690. The minimum atomic E-state index is -0.489. The van der Waals surface area contributed by atoms with Crippen LogP contribution in [0.15, 0.2) is 23.8 Å². The molecule has 0 aromatic heterocycles. The van der Waals surface area contributed by atoms with Crippen LogP contribution >= 0.6 is 0 Å². The number of allylic oxidation sites excluding steroid dienone is 2. The Balaban J connectivity index is 1.31. The van der Waals surface area contributed by atoms with Crippen LogP contribution in [-0.4, -0.2) is 33.1 Å². The van der Waals surface area contributed by atoms with Crippen LogP contribution in [-0.2, 0) is 16.6 Å². The van der Waals surface area contributed by atoms with E-state index in [2.05, 4.69) is 54.5 Å². The van der Waals surface area contributed by atoms with Crippen LogP contribution in [0.25, 0.3) is 0 Å². The summed E-state index contributed by atoms with van der Waals surface area (Å²) < 4.78 is 7.07. The van der Waals surface area contributed by atoms with Crippen LogP contribution in [0.3, 0.4) is 0 Å². The van der Waals surface area contributed by atoms with Gasteiger partial charge in [-0.05, 0) is 138 Å². The molecular formula is C36H54O4. The van der Waals surface area contributed by atoms with Crippen molar-refractivity contribution in [2.75, 3.05) is 0 Å². The van der Waals surface area contributed by atoms with Gasteiger partial charge in [-0.2, -0.15) is 0 Å². The number of benzene rings is 1. The molecule has 4 aliphatic carbocycles. The maximum absolute atomic E-state index is 11.4. The summed E-state index contributed by atoms with van der Waals surface area (Å²) in [7, 11) is 0. The molecule has 1 saturated heterocycles. The van der Waals surface area contributed by atoms with E-state index < -0.39 is 11.7 Å². The number of aromatic hydroxyl groups is 2. The molecule has 0 spiro atoms. The lowest BCUT2D eigenvalue weighted by molar-refractivity contribution is -0.236. The zero-order chi connectivity index (χ0) is 28.9. The van der Waals surface area contributed by atoms with Crippen molar-refractivity contribution < 1.29 is 20.1 Å². The van der Waals surface area contributed by atoms with Crippen LogP contribution in [0.2, 0.25) is 0 Å². The third-order valence-electron chi connectivity index (χ3n) is 13.9. The van der Waals surface area contributed by atoms with Crippen molar-refractivity contribution in [3.8, 4) is 11.5 Å². The normalized spacial score (nSPS) is 47.6. The van der Waals surface area contributed by atoms with Crippen LogP contribution in [0.1, 0.15) is 124 Å². The van der Waals surface area contributed by atoms with Gasteiger partial charge in [0, 0.05) is 16.5 Å². The molecule has 222 valence electrons. The highest BCUT2D eigenvalue weighted by atomic mass is 16.5. The highest BCUT2D eigenvalue weighted by Crippen LogP contribution is 2.74. The number of fused-ring (bicyclic) bond motifs is 9. The topological polar surface area (TPSA) is 69.9 Å². The first kappa shape index (κ1) is 28.6. The van der Waals surface area contributed by atoms with Gasteiger partial charge < -0.3 is 20.1 Å². The van der Waals surface area contributed by atoms with Crippen LogP contribution in [0.5, 0.6) is 11.5 Å². The van der Waals surface area contributed by atoms with Gasteiger partial charge in [-0.15, -0.1) is 0 Å². The molecule has 3 N–H and O–H groups in total. The van der Waals surface area contributed by atoms with Crippen molar-refractivity contribution in [1.82, 2.24) is 0 Å². The van der Waals surface area contributed by atoms with E-state index in [4.69, 9.17) is 4.74 Å². The Bertz CT molecular complexity index is 1200. The largest absolute Gasteiger partial charge is 0.508 e. The van der Waals surface area contributed by atoms with Crippen LogP contribution in [0, 0.1) is 34.0 Å². The van der Waals surface area contributed by atoms with Crippen LogP contribution < -0.4 is 0 Å². The standard InChI is InChI=1S/C36H54O4/c1-22(2)9-8-16-36(7)29(39)14-19-34(5)27-12-17-33(4)26(32(27,3)20-15-30(34)40-36)13-18-35(6)28(33)21-23-24(37)10-11-25(38)31(23)35/h9-11,26-30,37-39H,8,12-21H2,1-7H3/t26-,27-,28-,29+,30+,32-,33-,34+,35-,36-/m0/s1. The molecule has 1 aromatic rings. The van der Waals surface area contributed by atoms with Crippen molar-refractivity contribution in [3.63, 3.8) is 0 Å². The van der Waals surface area contributed by atoms with Crippen molar-refractivity contribution in [3.05, 3.63) is 34.9 Å². The molecule has 6 rings (SSSR count). The molecule has 1 aliphatic heterocycles. The van der Waals surface area contributed by atoms with Crippen molar-refractivity contribution in [2.45, 2.75) is 142 Å². The lowest BCUT2D eigenvalue weighted by Crippen LogP contribution is -2.64. The third-order valence-corrected chi connectivity index (χ3v) is 13.9. The maximum Gasteiger partial charge on any atom is 0.119 e. The Morgan fingerprint density at radius 3 is 2.15 bits per heavy atom. The number of aliphatic hydroxyl groups excluding tert-OH is 1. The second kappa shape index (κ2) is 9.24. The van der Waals surface area contributed by atoms with Gasteiger partial charge in [-0.25, -0.2) is 0 Å². The molecule has 0 unspecified atom stereocenters. The molecule has 0 radical (unpaired) electrons. The fourth-order valence-electron chi connectivity index (χ4n) is 11.8. The Morgan fingerprint density at radius 2 is 1.43 bits per heavy atom. The molecule has 3 saturated carbocycles. The summed E-state index contributed by atoms with van der Waals surface area (Å²) in [5, 5.41) is 33.2. The summed E-state index contributed by atoms with van der Waals surface area (Å²) in [6.07, 6.45) is 13.5. The van der Waals surface area contributed by atoms with Gasteiger partial charge in [0.25, 0.3) is 0 Å². The average Bonchev–Trinajstić information content (AvgIpc) is 3.17. The second-order valence-electron chi connectivity index (χ2n) is 16.2. The van der Waals surface area contributed by atoms with Gasteiger partial charge in [-0.1, -0.05) is 39.3 Å². The second-order valence-corrected chi connectivity index (χ2v) is 16.2. The number of ether oxygens (including phenoxy) is 1. The molecule has 4 nitrogen and oxygen atoms in total. The Morgan fingerprint density at radius 1 is 0.825 bits per heavy atom. The minimum Gasteiger partial charge on any atom is -0.508 e. The van der Waals surface area contributed by atoms with Gasteiger partial charge in [0.05, 0.1) is 17.8 Å². The van der Waals surface area contributed by atoms with E-state index in [1.807, 2.05) is 0 Å². The number of rotatable bonds is 3. The van der Waals surface area contributed by atoms with Gasteiger partial charge in [0.2, 0.25) is 0 Å². The number of hydrogen-bond donors (Lipinski definition) is 3. The predicted molar refractivity (Wildman–Crippen MR) is 161 cm³/mol. The summed E-state index contributed by atoms with van der Waals surface area (Å²) in [6.45, 7) is 16.5. The fourth-order valence-corrected chi connectivity index (χ4v) is 11.8. The quantitative estimate of drug-likeness (QED) is 0.262. The van der Waals surface area contributed by atoms with Crippen molar-refractivity contribution in [2.24, 2.45) is 34.0 Å². The van der Waals surface area contributed by atoms with Crippen molar-refractivity contribution >= 4 is 0 Å². The zero-order valence-electron chi connectivity index (χ0n) is 26.1. The van der Waals surface area contributed by atoms with E-state index in [1.165, 1.54) is 31.3 Å². The van der Waals surface area contributed by atoms with E-state index in [1.54, 1.807) is 12.1 Å². The average molecular weight is 551 g/mol. The van der Waals surface area contributed by atoms with Gasteiger partial charge >= 0.3 is 0 Å². The first-order valence-corrected chi connectivity index (χ1v) is 16.2. The SMILES string of the molecule is CC(C)=CCC[C@]1(C)O[C@@H]2CC[C@@]3(C)[C@@H]4CC[C@]5(C)c6c(O)ccc(O)c6C[C@H]5[C@@]4(C)CC[C@@H]3[C@@]2(C)CC[C@H]1O. The van der Waals surface area contributed by atoms with Gasteiger partial charge in [-0.3, -0.25) is 0 Å². The molecule has 4 fully saturated rings. The zero-order valence-corrected chi connectivity index (χ0v) is 26.1. The molecule has 4 heteroatoms. The summed E-state index contributed by atoms with van der Waals surface area (Å²) in [6, 6.07) is 3.38. The maximum atomic E-state index is 11.4. The number of aliphatic hydroxyl groups is 1. The molecule has 0 amide bonds. The molecule has 1 aromatic carbocycles. The monoisotopic (exact) mass is 550 g/mol. The lowest BCUT2D eigenvalue weighted by Gasteiger charge is -2.69. The van der Waals surface area contributed by atoms with Gasteiger partial charge in [0.15, 0.2) is 0 Å². The number of phenols is 2. The molecule has 10 atom stereocenters. The summed E-state index contributed by atoms with van der Waals surface area (Å²) >= 11 is 0. The van der Waals surface area contributed by atoms with E-state index in [0.29, 0.717) is 29.3 Å². The van der Waals surface area contributed by atoms with E-state index in [0.717, 1.165) is 56.1 Å². The lowest BCUT2D eigenvalue weighted by atomic mass is 9.36. The van der Waals surface area contributed by atoms with Gasteiger partial charge in [0.1, 0.15) is 11.5 Å². The molecule has 5 aliphatic rings. The van der Waals surface area contributed by atoms with E-state index in [9.17, 15) is 15.3 Å². The predicted octanol–water partition coefficient (Wildman–Crippen LogP) is 8.21. The molecule has 40 heavy (non-hydrogen) atoms. The van der Waals surface area contributed by atoms with E-state index >= 15 is 0 Å². The highest BCUT2D eigenvalue weighted by Gasteiger charge is 2.68. The summed E-state index contributed by atoms with van der Waals surface area (Å²) in [4.78, 5) is 0. The third kappa shape index (κ3) is 3.83. The Labute approximate surface area is 242 Å². The molecule has 1 heterocycles. The number of hydrogen-bond acceptors (Lipinski definition) is 4. The summed E-state index contributed by atoms with van der Waals surface area (Å²) in [5.74, 6) is 2.36.